The lowest BCUT2D eigenvalue weighted by molar-refractivity contribution is -0.132. The molecule has 1 fully saturated rings. The minimum absolute atomic E-state index is 0.0676. The van der Waals surface area contributed by atoms with E-state index in [1.54, 1.807) is 37.3 Å². The first-order valence-corrected chi connectivity index (χ1v) is 14.1. The summed E-state index contributed by atoms with van der Waals surface area (Å²) >= 11 is 1.04. The van der Waals surface area contributed by atoms with Crippen molar-refractivity contribution in [1.29, 1.82) is 0 Å². The van der Waals surface area contributed by atoms with Crippen LogP contribution in [0, 0.1) is 19.8 Å². The summed E-state index contributed by atoms with van der Waals surface area (Å²) in [4.78, 5) is 45.3. The number of aromatic nitrogens is 1. The Bertz CT molecular complexity index is 1470. The molecule has 0 spiro atoms. The average molecular weight is 563 g/mol. The quantitative estimate of drug-likeness (QED) is 0.132. The molecule has 9 heteroatoms. The molecule has 1 aliphatic heterocycles. The highest BCUT2D eigenvalue weighted by molar-refractivity contribution is 7.18. The summed E-state index contributed by atoms with van der Waals surface area (Å²) in [6, 6.07) is 11.3. The van der Waals surface area contributed by atoms with E-state index in [1.165, 1.54) is 11.8 Å². The van der Waals surface area contributed by atoms with Crippen molar-refractivity contribution in [2.45, 2.75) is 54.0 Å². The van der Waals surface area contributed by atoms with E-state index in [0.717, 1.165) is 23.3 Å². The van der Waals surface area contributed by atoms with Gasteiger partial charge in [0.15, 0.2) is 22.4 Å². The van der Waals surface area contributed by atoms with Crippen molar-refractivity contribution in [2.24, 2.45) is 5.92 Å². The Morgan fingerprint density at radius 3 is 2.38 bits per heavy atom. The van der Waals surface area contributed by atoms with Gasteiger partial charge in [-0.2, -0.15) is 0 Å². The molecule has 2 heterocycles. The molecule has 1 aliphatic rings. The van der Waals surface area contributed by atoms with E-state index in [4.69, 9.17) is 9.47 Å². The summed E-state index contributed by atoms with van der Waals surface area (Å²) in [5.74, 6) is -0.668. The number of thiazole rings is 1. The van der Waals surface area contributed by atoms with Crippen LogP contribution in [0.5, 0.6) is 11.5 Å². The maximum absolute atomic E-state index is 13.5. The normalized spacial score (nSPS) is 16.6. The SMILES string of the molecule is CCOc1cc(C2C(=C(O)c3ccc(C)cc3)C(=O)C(=O)N2c2nc(C)c(C(C)=O)s2)ccc1OCCC(C)C. The number of carbonyl (C=O) groups excluding carboxylic acids is 3. The van der Waals surface area contributed by atoms with Crippen LogP contribution in [0.25, 0.3) is 5.76 Å². The van der Waals surface area contributed by atoms with E-state index < -0.39 is 17.7 Å². The summed E-state index contributed by atoms with van der Waals surface area (Å²) in [5, 5.41) is 11.6. The van der Waals surface area contributed by atoms with Crippen LogP contribution in [0.4, 0.5) is 5.13 Å². The first kappa shape index (κ1) is 29.0. The molecule has 1 unspecified atom stereocenters. The highest BCUT2D eigenvalue weighted by Crippen LogP contribution is 2.45. The van der Waals surface area contributed by atoms with Crippen molar-refractivity contribution in [2.75, 3.05) is 18.1 Å². The Labute approximate surface area is 238 Å². The van der Waals surface area contributed by atoms with Crippen molar-refractivity contribution in [3.8, 4) is 11.5 Å². The summed E-state index contributed by atoms with van der Waals surface area (Å²) in [6.07, 6.45) is 0.867. The predicted molar refractivity (Wildman–Crippen MR) is 155 cm³/mol. The van der Waals surface area contributed by atoms with Gasteiger partial charge in [0.05, 0.1) is 35.4 Å². The molecule has 1 saturated heterocycles. The van der Waals surface area contributed by atoms with Crippen LogP contribution in [0.1, 0.15) is 72.2 Å². The zero-order valence-corrected chi connectivity index (χ0v) is 24.4. The standard InChI is InChI=1S/C31H34N2O6S/c1-7-38-24-16-22(12-13-23(24)39-15-14-17(2)3)26-25(27(35)21-10-8-18(4)9-11-21)28(36)30(37)33(26)31-32-19(5)29(40-31)20(6)34/h8-13,16-17,26,35H,7,14-15H2,1-6H3. The first-order valence-electron chi connectivity index (χ1n) is 13.3. The van der Waals surface area contributed by atoms with Gasteiger partial charge >= 0.3 is 5.91 Å². The third-order valence-corrected chi connectivity index (χ3v) is 7.87. The Morgan fingerprint density at radius 1 is 1.07 bits per heavy atom. The van der Waals surface area contributed by atoms with E-state index in [2.05, 4.69) is 18.8 Å². The first-order chi connectivity index (χ1) is 19.0. The van der Waals surface area contributed by atoms with Gasteiger partial charge in [-0.25, -0.2) is 4.98 Å². The number of benzene rings is 2. The number of anilines is 1. The molecule has 8 nitrogen and oxygen atoms in total. The lowest BCUT2D eigenvalue weighted by Crippen LogP contribution is -2.29. The minimum atomic E-state index is -1.00. The molecule has 3 aromatic rings. The van der Waals surface area contributed by atoms with E-state index in [-0.39, 0.29) is 22.2 Å². The van der Waals surface area contributed by atoms with Crippen LogP contribution in [-0.2, 0) is 9.59 Å². The highest BCUT2D eigenvalue weighted by Gasteiger charge is 2.48. The van der Waals surface area contributed by atoms with Gasteiger partial charge in [0, 0.05) is 12.5 Å². The van der Waals surface area contributed by atoms with Crippen molar-refractivity contribution < 1.29 is 29.0 Å². The largest absolute Gasteiger partial charge is 0.507 e. The molecule has 0 bridgehead atoms. The second kappa shape index (κ2) is 12.0. The van der Waals surface area contributed by atoms with E-state index in [0.29, 0.717) is 52.3 Å². The molecule has 2 aromatic carbocycles. The fourth-order valence-electron chi connectivity index (χ4n) is 4.51. The second-order valence-electron chi connectivity index (χ2n) is 10.2. The highest BCUT2D eigenvalue weighted by atomic mass is 32.1. The third kappa shape index (κ3) is 5.79. The van der Waals surface area contributed by atoms with Gasteiger partial charge < -0.3 is 14.6 Å². The Kier molecular flexibility index (Phi) is 8.73. The maximum Gasteiger partial charge on any atom is 0.301 e. The number of aryl methyl sites for hydroxylation is 2. The van der Waals surface area contributed by atoms with Crippen LogP contribution in [0.2, 0.25) is 0 Å². The molecular formula is C31H34N2O6S. The number of hydrogen-bond donors (Lipinski definition) is 1. The van der Waals surface area contributed by atoms with Gasteiger partial charge in [0.25, 0.3) is 5.78 Å². The summed E-state index contributed by atoms with van der Waals surface area (Å²) in [6.45, 7) is 12.0. The molecule has 1 amide bonds. The van der Waals surface area contributed by atoms with Crippen LogP contribution in [-0.4, -0.2) is 40.8 Å². The summed E-state index contributed by atoms with van der Waals surface area (Å²) in [7, 11) is 0. The lowest BCUT2D eigenvalue weighted by atomic mass is 9.95. The van der Waals surface area contributed by atoms with Gasteiger partial charge in [-0.1, -0.05) is 61.1 Å². The monoisotopic (exact) mass is 562 g/mol. The van der Waals surface area contributed by atoms with Gasteiger partial charge in [0.2, 0.25) is 0 Å². The maximum atomic E-state index is 13.5. The van der Waals surface area contributed by atoms with Crippen molar-refractivity contribution in [3.05, 3.63) is 75.3 Å². The molecule has 210 valence electrons. The Hall–Kier alpha value is -3.98. The minimum Gasteiger partial charge on any atom is -0.507 e. The van der Waals surface area contributed by atoms with Crippen LogP contribution >= 0.6 is 11.3 Å². The molecule has 0 saturated carbocycles. The van der Waals surface area contributed by atoms with Crippen LogP contribution < -0.4 is 14.4 Å². The number of aliphatic hydroxyl groups excluding tert-OH is 1. The Balaban J connectivity index is 1.90. The van der Waals surface area contributed by atoms with Gasteiger partial charge in [-0.3, -0.25) is 19.3 Å². The average Bonchev–Trinajstić information content (AvgIpc) is 3.41. The van der Waals surface area contributed by atoms with E-state index in [1.807, 2.05) is 26.0 Å². The number of carbonyl (C=O) groups is 3. The number of ether oxygens (including phenoxy) is 2. The van der Waals surface area contributed by atoms with E-state index >= 15 is 0 Å². The fourth-order valence-corrected chi connectivity index (χ4v) is 5.50. The van der Waals surface area contributed by atoms with Crippen molar-refractivity contribution >= 4 is 39.7 Å². The third-order valence-electron chi connectivity index (χ3n) is 6.62. The van der Waals surface area contributed by atoms with Gasteiger partial charge in [-0.05, 0) is 50.8 Å². The summed E-state index contributed by atoms with van der Waals surface area (Å²) in [5.41, 5.74) is 2.33. The van der Waals surface area contributed by atoms with Gasteiger partial charge in [-0.15, -0.1) is 0 Å². The number of rotatable bonds is 10. The Morgan fingerprint density at radius 2 is 1.77 bits per heavy atom. The second-order valence-corrected chi connectivity index (χ2v) is 11.1. The fraction of sp³-hybridized carbons (Fsp3) is 0.355. The van der Waals surface area contributed by atoms with Crippen molar-refractivity contribution in [1.82, 2.24) is 4.98 Å². The molecule has 4 rings (SSSR count). The molecule has 1 N–H and O–H groups in total. The molecular weight excluding hydrogens is 528 g/mol. The number of nitrogens with zero attached hydrogens (tertiary/aromatic N) is 2. The lowest BCUT2D eigenvalue weighted by Gasteiger charge is -2.24. The van der Waals surface area contributed by atoms with Gasteiger partial charge in [0.1, 0.15) is 5.76 Å². The van der Waals surface area contributed by atoms with E-state index in [9.17, 15) is 19.5 Å². The predicted octanol–water partition coefficient (Wildman–Crippen LogP) is 6.41. The van der Waals surface area contributed by atoms with Crippen molar-refractivity contribution in [3.63, 3.8) is 0 Å². The number of ketones is 2. The summed E-state index contributed by atoms with van der Waals surface area (Å²) < 4.78 is 11.9. The molecule has 0 radical (unpaired) electrons. The molecule has 1 aromatic heterocycles. The number of Topliss-reactive ketones (excluding diaryl/α,β-unsaturated/α-hetero) is 2. The zero-order chi connectivity index (χ0) is 29.1. The van der Waals surface area contributed by atoms with Crippen LogP contribution in [0.15, 0.2) is 48.0 Å². The number of hydrogen-bond acceptors (Lipinski definition) is 8. The molecule has 1 atom stereocenters. The smallest absolute Gasteiger partial charge is 0.301 e. The topological polar surface area (TPSA) is 106 Å². The van der Waals surface area contributed by atoms with Crippen LogP contribution in [0.3, 0.4) is 0 Å². The molecule has 0 aliphatic carbocycles. The number of amides is 1. The zero-order valence-electron chi connectivity index (χ0n) is 23.6. The number of aliphatic hydroxyl groups is 1. The molecule has 40 heavy (non-hydrogen) atoms.